The minimum Gasteiger partial charge on any atom is -0.345 e. The molecule has 0 unspecified atom stereocenters. The monoisotopic (exact) mass is 252 g/mol. The molecule has 2 aromatic rings. The third-order valence-electron chi connectivity index (χ3n) is 2.30. The van der Waals surface area contributed by atoms with Gasteiger partial charge in [-0.1, -0.05) is 5.16 Å². The van der Waals surface area contributed by atoms with Crippen LogP contribution < -0.4 is 0 Å². The Morgan fingerprint density at radius 2 is 2.06 bits per heavy atom. The van der Waals surface area contributed by atoms with Gasteiger partial charge in [0.25, 0.3) is 5.89 Å². The minimum absolute atomic E-state index is 0.303. The summed E-state index contributed by atoms with van der Waals surface area (Å²) in [5, 5.41) is 3.88. The second kappa shape index (κ2) is 5.74. The first-order chi connectivity index (χ1) is 8.76. The van der Waals surface area contributed by atoms with Crippen LogP contribution in [0.15, 0.2) is 16.9 Å². The van der Waals surface area contributed by atoms with Crippen molar-refractivity contribution in [2.75, 3.05) is 13.2 Å². The summed E-state index contributed by atoms with van der Waals surface area (Å²) in [6, 6.07) is 0. The summed E-state index contributed by atoms with van der Waals surface area (Å²) in [4.78, 5) is 8.39. The fourth-order valence-corrected chi connectivity index (χ4v) is 1.50. The third kappa shape index (κ3) is 2.57. The molecule has 0 N–H and O–H groups in total. The average molecular weight is 252 g/mol. The van der Waals surface area contributed by atoms with Gasteiger partial charge in [-0.15, -0.1) is 0 Å². The summed E-state index contributed by atoms with van der Waals surface area (Å²) in [5.74, 6) is 1.36. The Bertz CT molecular complexity index is 488. The van der Waals surface area contributed by atoms with Crippen molar-refractivity contribution in [3.05, 3.63) is 18.3 Å². The Labute approximate surface area is 105 Å². The maximum atomic E-state index is 5.38. The third-order valence-corrected chi connectivity index (χ3v) is 2.30. The number of aryl methyl sites for hydroxylation is 1. The van der Waals surface area contributed by atoms with Crippen molar-refractivity contribution in [3.8, 4) is 11.6 Å². The summed E-state index contributed by atoms with van der Waals surface area (Å²) in [6.45, 7) is 4.76. The zero-order chi connectivity index (χ0) is 13.0. The van der Waals surface area contributed by atoms with Gasteiger partial charge in [-0.2, -0.15) is 4.98 Å². The molecule has 98 valence electrons. The van der Waals surface area contributed by atoms with Crippen molar-refractivity contribution in [1.29, 1.82) is 0 Å². The maximum absolute atomic E-state index is 5.38. The molecule has 0 saturated heterocycles. The molecule has 2 rings (SSSR count). The molecule has 0 spiro atoms. The Kier molecular flexibility index (Phi) is 4.06. The van der Waals surface area contributed by atoms with E-state index in [1.54, 1.807) is 6.20 Å². The van der Waals surface area contributed by atoms with Gasteiger partial charge in [-0.25, -0.2) is 4.98 Å². The van der Waals surface area contributed by atoms with E-state index in [0.29, 0.717) is 30.8 Å². The molecule has 0 atom stereocenters. The van der Waals surface area contributed by atoms with Crippen molar-refractivity contribution in [2.24, 2.45) is 7.05 Å². The Morgan fingerprint density at radius 3 is 2.61 bits per heavy atom. The maximum Gasteiger partial charge on any atom is 0.284 e. The molecule has 0 aliphatic rings. The second-order valence-electron chi connectivity index (χ2n) is 3.56. The summed E-state index contributed by atoms with van der Waals surface area (Å²) >= 11 is 0. The molecule has 2 heterocycles. The van der Waals surface area contributed by atoms with Crippen LogP contribution >= 0.6 is 0 Å². The van der Waals surface area contributed by atoms with Crippen LogP contribution in [0.1, 0.15) is 26.0 Å². The molecule has 0 fully saturated rings. The lowest BCUT2D eigenvalue weighted by molar-refractivity contribution is -0.155. The summed E-state index contributed by atoms with van der Waals surface area (Å²) < 4.78 is 17.7. The first-order valence-corrected chi connectivity index (χ1v) is 5.80. The predicted octanol–water partition coefficient (Wildman–Crippen LogP) is 1.54. The van der Waals surface area contributed by atoms with Crippen LogP contribution in [0.25, 0.3) is 11.6 Å². The molecule has 0 bridgehead atoms. The lowest BCUT2D eigenvalue weighted by atomic mass is 10.5. The number of nitrogens with zero attached hydrogens (tertiary/aromatic N) is 4. The van der Waals surface area contributed by atoms with Gasteiger partial charge in [0.2, 0.25) is 12.1 Å². The van der Waals surface area contributed by atoms with E-state index in [4.69, 9.17) is 14.0 Å². The van der Waals surface area contributed by atoms with E-state index >= 15 is 0 Å². The van der Waals surface area contributed by atoms with Crippen LogP contribution in [-0.4, -0.2) is 32.9 Å². The Balaban J connectivity index is 2.21. The van der Waals surface area contributed by atoms with Crippen molar-refractivity contribution in [2.45, 2.75) is 20.1 Å². The topological polar surface area (TPSA) is 75.2 Å². The molecule has 0 amide bonds. The van der Waals surface area contributed by atoms with Gasteiger partial charge in [-0.05, 0) is 13.8 Å². The highest BCUT2D eigenvalue weighted by atomic mass is 16.7. The van der Waals surface area contributed by atoms with Crippen molar-refractivity contribution >= 4 is 0 Å². The van der Waals surface area contributed by atoms with E-state index in [0.717, 1.165) is 0 Å². The van der Waals surface area contributed by atoms with E-state index in [2.05, 4.69) is 15.1 Å². The van der Waals surface area contributed by atoms with E-state index in [1.807, 2.05) is 31.7 Å². The molecule has 0 aromatic carbocycles. The highest BCUT2D eigenvalue weighted by molar-refractivity contribution is 5.42. The first kappa shape index (κ1) is 12.7. The zero-order valence-electron chi connectivity index (χ0n) is 10.7. The van der Waals surface area contributed by atoms with Gasteiger partial charge in [0, 0.05) is 32.7 Å². The van der Waals surface area contributed by atoms with Gasteiger partial charge in [0.15, 0.2) is 5.82 Å². The van der Waals surface area contributed by atoms with Gasteiger partial charge >= 0.3 is 0 Å². The highest BCUT2D eigenvalue weighted by Gasteiger charge is 2.21. The summed E-state index contributed by atoms with van der Waals surface area (Å²) in [7, 11) is 1.86. The molecule has 0 aliphatic carbocycles. The fraction of sp³-hybridized carbons (Fsp3) is 0.545. The largest absolute Gasteiger partial charge is 0.345 e. The van der Waals surface area contributed by atoms with Crippen molar-refractivity contribution < 1.29 is 14.0 Å². The lowest BCUT2D eigenvalue weighted by Gasteiger charge is -2.11. The number of ether oxygens (including phenoxy) is 2. The van der Waals surface area contributed by atoms with Crippen LogP contribution in [0, 0.1) is 0 Å². The molecular formula is C11H16N4O3. The molecule has 0 aliphatic heterocycles. The van der Waals surface area contributed by atoms with Gasteiger partial charge < -0.3 is 18.6 Å². The average Bonchev–Trinajstić information content (AvgIpc) is 2.97. The standard InChI is InChI=1S/C11H16N4O3/c1-4-16-11(17-5-2)10-13-8(14-18-10)9-12-6-7-15(9)3/h6-7,11H,4-5H2,1-3H3. The lowest BCUT2D eigenvalue weighted by Crippen LogP contribution is -2.09. The quantitative estimate of drug-likeness (QED) is 0.726. The Hall–Kier alpha value is -1.73. The summed E-state index contributed by atoms with van der Waals surface area (Å²) in [5.41, 5.74) is 0. The second-order valence-corrected chi connectivity index (χ2v) is 3.56. The summed E-state index contributed by atoms with van der Waals surface area (Å²) in [6.07, 6.45) is 2.86. The molecule has 2 aromatic heterocycles. The van der Waals surface area contributed by atoms with E-state index < -0.39 is 6.29 Å². The number of hydrogen-bond acceptors (Lipinski definition) is 6. The first-order valence-electron chi connectivity index (χ1n) is 5.80. The number of rotatable bonds is 6. The smallest absolute Gasteiger partial charge is 0.284 e. The van der Waals surface area contributed by atoms with Crippen LogP contribution in [0.2, 0.25) is 0 Å². The number of aromatic nitrogens is 4. The van der Waals surface area contributed by atoms with E-state index in [-0.39, 0.29) is 0 Å². The molecule has 7 nitrogen and oxygen atoms in total. The fourth-order valence-electron chi connectivity index (χ4n) is 1.50. The van der Waals surface area contributed by atoms with Crippen LogP contribution in [0.5, 0.6) is 0 Å². The van der Waals surface area contributed by atoms with Crippen LogP contribution in [0.4, 0.5) is 0 Å². The van der Waals surface area contributed by atoms with Gasteiger partial charge in [0.05, 0.1) is 0 Å². The van der Waals surface area contributed by atoms with Crippen LogP contribution in [0.3, 0.4) is 0 Å². The number of imidazole rings is 1. The van der Waals surface area contributed by atoms with Crippen molar-refractivity contribution in [3.63, 3.8) is 0 Å². The van der Waals surface area contributed by atoms with Gasteiger partial charge in [0.1, 0.15) is 0 Å². The molecule has 0 radical (unpaired) electrons. The molecule has 7 heteroatoms. The minimum atomic E-state index is -0.624. The Morgan fingerprint density at radius 1 is 1.33 bits per heavy atom. The zero-order valence-corrected chi connectivity index (χ0v) is 10.7. The van der Waals surface area contributed by atoms with E-state index in [1.165, 1.54) is 0 Å². The normalized spacial score (nSPS) is 11.3. The highest BCUT2D eigenvalue weighted by Crippen LogP contribution is 2.20. The van der Waals surface area contributed by atoms with E-state index in [9.17, 15) is 0 Å². The SMILES string of the molecule is CCOC(OCC)c1nc(-c2nccn2C)no1. The molecule has 0 saturated carbocycles. The number of hydrogen-bond donors (Lipinski definition) is 0. The molecule has 18 heavy (non-hydrogen) atoms. The van der Waals surface area contributed by atoms with Crippen molar-refractivity contribution in [1.82, 2.24) is 19.7 Å². The molecular weight excluding hydrogens is 236 g/mol. The van der Waals surface area contributed by atoms with Gasteiger partial charge in [-0.3, -0.25) is 0 Å². The van der Waals surface area contributed by atoms with Crippen LogP contribution in [-0.2, 0) is 16.5 Å². The predicted molar refractivity (Wildman–Crippen MR) is 62.5 cm³/mol.